The number of nitriles is 1. The number of carbonyl (C=O) groups is 1. The monoisotopic (exact) mass is 497 g/mol. The third-order valence-electron chi connectivity index (χ3n) is 6.91. The van der Waals surface area contributed by atoms with Crippen molar-refractivity contribution >= 4 is 16.9 Å². The van der Waals surface area contributed by atoms with Crippen molar-refractivity contribution in [1.29, 1.82) is 5.26 Å². The van der Waals surface area contributed by atoms with Crippen LogP contribution in [-0.2, 0) is 4.74 Å². The van der Waals surface area contributed by atoms with Gasteiger partial charge in [-0.15, -0.1) is 0 Å². The maximum absolute atomic E-state index is 12.8. The van der Waals surface area contributed by atoms with Gasteiger partial charge in [-0.25, -0.2) is 0 Å². The molecule has 186 valence electrons. The zero-order valence-electron chi connectivity index (χ0n) is 21.3. The second kappa shape index (κ2) is 11.1. The molecule has 0 radical (unpaired) electrons. The highest BCUT2D eigenvalue weighted by molar-refractivity contribution is 6.09. The molecule has 1 unspecified atom stereocenters. The highest BCUT2D eigenvalue weighted by Gasteiger charge is 2.22. The summed E-state index contributed by atoms with van der Waals surface area (Å²) in [7, 11) is 3.40. The lowest BCUT2D eigenvalue weighted by molar-refractivity contribution is 0.103. The minimum Gasteiger partial charge on any atom is -0.496 e. The van der Waals surface area contributed by atoms with E-state index in [2.05, 4.69) is 36.4 Å². The van der Waals surface area contributed by atoms with Crippen molar-refractivity contribution < 1.29 is 14.3 Å². The van der Waals surface area contributed by atoms with Crippen LogP contribution in [0.15, 0.2) is 109 Å². The van der Waals surface area contributed by atoms with E-state index in [1.165, 1.54) is 0 Å². The molecule has 1 atom stereocenters. The molecule has 38 heavy (non-hydrogen) atoms. The van der Waals surface area contributed by atoms with E-state index in [1.54, 1.807) is 14.2 Å². The molecule has 0 heterocycles. The molecular formula is C34H27NO3. The van der Waals surface area contributed by atoms with Crippen LogP contribution in [-0.4, -0.2) is 26.1 Å². The number of ether oxygens (including phenoxy) is 2. The number of benzene rings is 4. The molecule has 1 aliphatic rings. The SMILES string of the molecule is COc1cc(C2=CC=C(c3ccc(C(=O)c4ccccc4)cc3)C(OC)C2)ccc1-c1ccc(C#N)cc1. The van der Waals surface area contributed by atoms with E-state index in [-0.39, 0.29) is 11.9 Å². The van der Waals surface area contributed by atoms with Gasteiger partial charge in [-0.3, -0.25) is 4.79 Å². The van der Waals surface area contributed by atoms with Crippen molar-refractivity contribution in [3.8, 4) is 22.9 Å². The average molecular weight is 498 g/mol. The molecule has 5 rings (SSSR count). The van der Waals surface area contributed by atoms with Gasteiger partial charge in [-0.05, 0) is 46.0 Å². The van der Waals surface area contributed by atoms with Gasteiger partial charge < -0.3 is 9.47 Å². The summed E-state index contributed by atoms with van der Waals surface area (Å²) < 4.78 is 11.6. The average Bonchev–Trinajstić information content (AvgIpc) is 3.00. The van der Waals surface area contributed by atoms with Crippen molar-refractivity contribution in [2.75, 3.05) is 14.2 Å². The third-order valence-corrected chi connectivity index (χ3v) is 6.91. The highest BCUT2D eigenvalue weighted by Crippen LogP contribution is 2.38. The Hall–Kier alpha value is -4.72. The Morgan fingerprint density at radius 1 is 0.789 bits per heavy atom. The van der Waals surface area contributed by atoms with E-state index < -0.39 is 0 Å². The summed E-state index contributed by atoms with van der Waals surface area (Å²) in [5, 5.41) is 9.08. The fourth-order valence-electron chi connectivity index (χ4n) is 4.81. The first-order chi connectivity index (χ1) is 18.6. The molecule has 0 N–H and O–H groups in total. The van der Waals surface area contributed by atoms with Crippen LogP contribution in [0.1, 0.15) is 39.0 Å². The zero-order valence-corrected chi connectivity index (χ0v) is 21.3. The van der Waals surface area contributed by atoms with E-state index >= 15 is 0 Å². The van der Waals surface area contributed by atoms with Gasteiger partial charge in [-0.1, -0.05) is 91.0 Å². The Kier molecular flexibility index (Phi) is 7.31. The van der Waals surface area contributed by atoms with Gasteiger partial charge in [0.15, 0.2) is 5.78 Å². The standard InChI is InChI=1S/C34H27NO3/c1-37-32-20-28(16-18-30(32)24-10-8-23(22-35)9-11-24)29-17-19-31(33(21-29)38-2)25-12-14-27(15-13-25)34(36)26-6-4-3-5-7-26/h3-20,33H,21H2,1-2H3. The summed E-state index contributed by atoms with van der Waals surface area (Å²) in [6, 6.07) is 32.9. The number of ketones is 1. The van der Waals surface area contributed by atoms with Crippen LogP contribution in [0.2, 0.25) is 0 Å². The molecule has 0 bridgehead atoms. The molecule has 0 aromatic heterocycles. The van der Waals surface area contributed by atoms with Crippen LogP contribution in [0.4, 0.5) is 0 Å². The van der Waals surface area contributed by atoms with Crippen LogP contribution >= 0.6 is 0 Å². The molecule has 0 spiro atoms. The molecular weight excluding hydrogens is 470 g/mol. The van der Waals surface area contributed by atoms with Crippen LogP contribution in [0.5, 0.6) is 5.75 Å². The highest BCUT2D eigenvalue weighted by atomic mass is 16.5. The molecule has 4 nitrogen and oxygen atoms in total. The van der Waals surface area contributed by atoms with Gasteiger partial charge in [0.2, 0.25) is 0 Å². The zero-order chi connectivity index (χ0) is 26.5. The summed E-state index contributed by atoms with van der Waals surface area (Å²) in [4.78, 5) is 12.8. The van der Waals surface area contributed by atoms with Crippen LogP contribution in [0.25, 0.3) is 22.3 Å². The predicted molar refractivity (Wildman–Crippen MR) is 151 cm³/mol. The smallest absolute Gasteiger partial charge is 0.193 e. The van der Waals surface area contributed by atoms with Crippen LogP contribution < -0.4 is 4.74 Å². The Balaban J connectivity index is 1.41. The first-order valence-corrected chi connectivity index (χ1v) is 12.4. The predicted octanol–water partition coefficient (Wildman–Crippen LogP) is 7.35. The van der Waals surface area contributed by atoms with E-state index in [1.807, 2.05) is 78.9 Å². The lowest BCUT2D eigenvalue weighted by Gasteiger charge is -2.25. The van der Waals surface area contributed by atoms with Gasteiger partial charge in [0.1, 0.15) is 5.75 Å². The molecule has 0 aliphatic heterocycles. The molecule has 4 heteroatoms. The number of carbonyl (C=O) groups excluding carboxylic acids is 1. The van der Waals surface area contributed by atoms with Gasteiger partial charge in [-0.2, -0.15) is 5.26 Å². The van der Waals surface area contributed by atoms with Crippen molar-refractivity contribution in [2.45, 2.75) is 12.5 Å². The largest absolute Gasteiger partial charge is 0.496 e. The second-order valence-electron chi connectivity index (χ2n) is 9.12. The third kappa shape index (κ3) is 5.06. The lowest BCUT2D eigenvalue weighted by Crippen LogP contribution is -2.16. The van der Waals surface area contributed by atoms with Crippen molar-refractivity contribution in [2.24, 2.45) is 0 Å². The molecule has 0 saturated carbocycles. The summed E-state index contributed by atoms with van der Waals surface area (Å²) in [5.74, 6) is 0.786. The number of allylic oxidation sites excluding steroid dienone is 2. The minimum atomic E-state index is -0.116. The number of methoxy groups -OCH3 is 2. The normalized spacial score (nSPS) is 14.7. The van der Waals surface area contributed by atoms with E-state index in [0.717, 1.165) is 39.1 Å². The number of hydrogen-bond acceptors (Lipinski definition) is 4. The van der Waals surface area contributed by atoms with E-state index in [9.17, 15) is 4.79 Å². The first-order valence-electron chi connectivity index (χ1n) is 12.4. The first kappa shape index (κ1) is 25.0. The molecule has 4 aromatic carbocycles. The molecule has 4 aromatic rings. The minimum absolute atomic E-state index is 0.0126. The van der Waals surface area contributed by atoms with E-state index in [4.69, 9.17) is 14.7 Å². The van der Waals surface area contributed by atoms with Crippen molar-refractivity contribution in [3.63, 3.8) is 0 Å². The lowest BCUT2D eigenvalue weighted by atomic mass is 9.86. The summed E-state index contributed by atoms with van der Waals surface area (Å²) in [6.07, 6.45) is 4.83. The number of nitrogens with zero attached hydrogens (tertiary/aromatic N) is 1. The van der Waals surface area contributed by atoms with Gasteiger partial charge in [0.25, 0.3) is 0 Å². The Morgan fingerprint density at radius 3 is 2.11 bits per heavy atom. The Labute approximate surface area is 223 Å². The van der Waals surface area contributed by atoms with Crippen LogP contribution in [0.3, 0.4) is 0 Å². The van der Waals surface area contributed by atoms with Gasteiger partial charge >= 0.3 is 0 Å². The second-order valence-corrected chi connectivity index (χ2v) is 9.12. The number of rotatable bonds is 7. The van der Waals surface area contributed by atoms with Gasteiger partial charge in [0, 0.05) is 30.2 Å². The fraction of sp³-hybridized carbons (Fsp3) is 0.118. The Morgan fingerprint density at radius 2 is 1.45 bits per heavy atom. The molecule has 0 saturated heterocycles. The summed E-state index contributed by atoms with van der Waals surface area (Å²) >= 11 is 0. The number of hydrogen-bond donors (Lipinski definition) is 0. The summed E-state index contributed by atoms with van der Waals surface area (Å²) in [6.45, 7) is 0. The van der Waals surface area contributed by atoms with Crippen LogP contribution in [0, 0.1) is 11.3 Å². The summed E-state index contributed by atoms with van der Waals surface area (Å²) in [5.41, 5.74) is 8.28. The van der Waals surface area contributed by atoms with Crippen molar-refractivity contribution in [3.05, 3.63) is 137 Å². The molecule has 1 aliphatic carbocycles. The Bertz CT molecular complexity index is 1560. The maximum atomic E-state index is 12.8. The molecule has 0 amide bonds. The fourth-order valence-corrected chi connectivity index (χ4v) is 4.81. The topological polar surface area (TPSA) is 59.3 Å². The van der Waals surface area contributed by atoms with Crippen molar-refractivity contribution in [1.82, 2.24) is 0 Å². The molecule has 0 fully saturated rings. The van der Waals surface area contributed by atoms with E-state index in [0.29, 0.717) is 23.1 Å². The quantitative estimate of drug-likeness (QED) is 0.251. The van der Waals surface area contributed by atoms with Gasteiger partial charge in [0.05, 0.1) is 24.8 Å². The maximum Gasteiger partial charge on any atom is 0.193 e.